The Balaban J connectivity index is 1.78. The first-order chi connectivity index (χ1) is 9.54. The number of hydrogen-bond donors (Lipinski definition) is 2. The third-order valence-corrected chi connectivity index (χ3v) is 3.18. The Morgan fingerprint density at radius 1 is 1.55 bits per heavy atom. The first-order valence-corrected chi connectivity index (χ1v) is 6.56. The van der Waals surface area contributed by atoms with E-state index < -0.39 is 5.82 Å². The third kappa shape index (κ3) is 4.09. The minimum Gasteiger partial charge on any atom is -0.482 e. The first kappa shape index (κ1) is 14.6. The van der Waals surface area contributed by atoms with Crippen molar-refractivity contribution in [2.24, 2.45) is 0 Å². The smallest absolute Gasteiger partial charge is 0.258 e. The monoisotopic (exact) mass is 300 g/mol. The van der Waals surface area contributed by atoms with Crippen LogP contribution in [0.25, 0.3) is 0 Å². The highest BCUT2D eigenvalue weighted by Gasteiger charge is 2.19. The zero-order valence-corrected chi connectivity index (χ0v) is 11.4. The summed E-state index contributed by atoms with van der Waals surface area (Å²) in [6.07, 6.45) is 1.00. The maximum Gasteiger partial charge on any atom is 0.258 e. The van der Waals surface area contributed by atoms with Crippen LogP contribution < -0.4 is 15.4 Å². The van der Waals surface area contributed by atoms with Crippen molar-refractivity contribution in [2.45, 2.75) is 18.9 Å². The minimum atomic E-state index is -0.468. The van der Waals surface area contributed by atoms with E-state index in [1.165, 1.54) is 12.1 Å². The predicted octanol–water partition coefficient (Wildman–Crippen LogP) is 1.25. The predicted molar refractivity (Wildman–Crippen MR) is 71.1 cm³/mol. The number of rotatable bonds is 4. The van der Waals surface area contributed by atoms with Crippen LogP contribution in [0.1, 0.15) is 12.8 Å². The summed E-state index contributed by atoms with van der Waals surface area (Å²) >= 11 is 5.78. The molecule has 1 unspecified atom stereocenters. The van der Waals surface area contributed by atoms with Gasteiger partial charge in [-0.25, -0.2) is 4.39 Å². The maximum atomic E-state index is 12.8. The van der Waals surface area contributed by atoms with Gasteiger partial charge in [-0.1, -0.05) is 11.6 Å². The number of ether oxygens (including phenoxy) is 1. The summed E-state index contributed by atoms with van der Waals surface area (Å²) in [5.74, 6) is -0.540. The molecule has 0 radical (unpaired) electrons. The van der Waals surface area contributed by atoms with Crippen molar-refractivity contribution >= 4 is 23.4 Å². The molecular weight excluding hydrogens is 287 g/mol. The fraction of sp³-hybridized carbons (Fsp3) is 0.385. The zero-order valence-electron chi connectivity index (χ0n) is 10.6. The molecule has 20 heavy (non-hydrogen) atoms. The molecule has 1 atom stereocenters. The second kappa shape index (κ2) is 6.56. The van der Waals surface area contributed by atoms with Gasteiger partial charge < -0.3 is 15.4 Å². The summed E-state index contributed by atoms with van der Waals surface area (Å²) < 4.78 is 18.1. The Morgan fingerprint density at radius 3 is 3.00 bits per heavy atom. The van der Waals surface area contributed by atoms with Gasteiger partial charge in [0.1, 0.15) is 11.6 Å². The van der Waals surface area contributed by atoms with Crippen LogP contribution in [0.3, 0.4) is 0 Å². The molecule has 0 aliphatic carbocycles. The van der Waals surface area contributed by atoms with E-state index in [1.54, 1.807) is 0 Å². The molecule has 1 heterocycles. The summed E-state index contributed by atoms with van der Waals surface area (Å²) in [5.41, 5.74) is 0. The summed E-state index contributed by atoms with van der Waals surface area (Å²) in [7, 11) is 0. The largest absolute Gasteiger partial charge is 0.482 e. The van der Waals surface area contributed by atoms with Gasteiger partial charge in [-0.2, -0.15) is 0 Å². The molecule has 0 bridgehead atoms. The van der Waals surface area contributed by atoms with Crippen molar-refractivity contribution < 1.29 is 18.7 Å². The van der Waals surface area contributed by atoms with Gasteiger partial charge in [0.15, 0.2) is 6.61 Å². The second-order valence-electron chi connectivity index (χ2n) is 4.47. The number of carbonyl (C=O) groups excluding carboxylic acids is 2. The first-order valence-electron chi connectivity index (χ1n) is 6.18. The Kier molecular flexibility index (Phi) is 4.79. The molecule has 1 aliphatic heterocycles. The van der Waals surface area contributed by atoms with E-state index in [4.69, 9.17) is 16.3 Å². The molecule has 108 valence electrons. The van der Waals surface area contributed by atoms with E-state index in [-0.39, 0.29) is 35.2 Å². The van der Waals surface area contributed by atoms with Crippen LogP contribution in [0.5, 0.6) is 5.75 Å². The number of nitrogens with one attached hydrogen (secondary N) is 2. The Hall–Kier alpha value is -1.82. The normalized spacial score (nSPS) is 18.3. The minimum absolute atomic E-state index is 0.00940. The van der Waals surface area contributed by atoms with Gasteiger partial charge in [-0.05, 0) is 24.6 Å². The van der Waals surface area contributed by atoms with Crippen LogP contribution in [-0.4, -0.2) is 31.0 Å². The quantitative estimate of drug-likeness (QED) is 0.879. The molecule has 0 saturated carbocycles. The van der Waals surface area contributed by atoms with Gasteiger partial charge in [-0.15, -0.1) is 0 Å². The lowest BCUT2D eigenvalue weighted by molar-refractivity contribution is -0.126. The average Bonchev–Trinajstić information content (AvgIpc) is 2.40. The fourth-order valence-electron chi connectivity index (χ4n) is 1.86. The van der Waals surface area contributed by atoms with Crippen molar-refractivity contribution in [3.63, 3.8) is 0 Å². The van der Waals surface area contributed by atoms with Gasteiger partial charge in [0.05, 0.1) is 5.02 Å². The molecule has 0 aromatic heterocycles. The summed E-state index contributed by atoms with van der Waals surface area (Å²) in [4.78, 5) is 22.7. The Bertz CT molecular complexity index is 514. The maximum absolute atomic E-state index is 12.8. The highest BCUT2D eigenvalue weighted by Crippen LogP contribution is 2.24. The van der Waals surface area contributed by atoms with Crippen molar-refractivity contribution in [1.82, 2.24) is 10.6 Å². The second-order valence-corrected chi connectivity index (χ2v) is 4.88. The molecule has 2 rings (SSSR count). The van der Waals surface area contributed by atoms with E-state index in [9.17, 15) is 14.0 Å². The van der Waals surface area contributed by atoms with Gasteiger partial charge >= 0.3 is 0 Å². The lowest BCUT2D eigenvalue weighted by Crippen LogP contribution is -2.48. The van der Waals surface area contributed by atoms with Gasteiger partial charge in [0, 0.05) is 19.0 Å². The lowest BCUT2D eigenvalue weighted by atomic mass is 10.1. The van der Waals surface area contributed by atoms with Crippen LogP contribution >= 0.6 is 11.6 Å². The number of amides is 2. The van der Waals surface area contributed by atoms with Gasteiger partial charge in [-0.3, -0.25) is 9.59 Å². The molecule has 7 heteroatoms. The average molecular weight is 301 g/mol. The molecule has 0 spiro atoms. The van der Waals surface area contributed by atoms with Crippen LogP contribution in [0.2, 0.25) is 5.02 Å². The zero-order chi connectivity index (χ0) is 14.5. The van der Waals surface area contributed by atoms with Gasteiger partial charge in [0.25, 0.3) is 5.91 Å². The molecule has 1 fully saturated rings. The van der Waals surface area contributed by atoms with E-state index in [1.807, 2.05) is 0 Å². The number of hydrogen-bond acceptors (Lipinski definition) is 3. The Morgan fingerprint density at radius 2 is 2.35 bits per heavy atom. The summed E-state index contributed by atoms with van der Waals surface area (Å²) in [6.45, 7) is 0.206. The molecule has 2 N–H and O–H groups in total. The van der Waals surface area contributed by atoms with E-state index in [0.717, 1.165) is 6.07 Å². The number of piperidine rings is 1. The lowest BCUT2D eigenvalue weighted by Gasteiger charge is -2.23. The molecule has 1 aromatic rings. The van der Waals surface area contributed by atoms with E-state index in [0.29, 0.717) is 19.4 Å². The van der Waals surface area contributed by atoms with Crippen molar-refractivity contribution in [3.05, 3.63) is 29.0 Å². The molecule has 5 nitrogen and oxygen atoms in total. The van der Waals surface area contributed by atoms with Gasteiger partial charge in [0.2, 0.25) is 5.91 Å². The van der Waals surface area contributed by atoms with Crippen LogP contribution in [-0.2, 0) is 9.59 Å². The molecular formula is C13H14ClFN2O3. The molecule has 1 aromatic carbocycles. The summed E-state index contributed by atoms with van der Waals surface area (Å²) in [6, 6.07) is 3.60. The topological polar surface area (TPSA) is 67.4 Å². The third-order valence-electron chi connectivity index (χ3n) is 2.88. The highest BCUT2D eigenvalue weighted by atomic mass is 35.5. The Labute approximate surface area is 120 Å². The number of carbonyl (C=O) groups is 2. The standard InChI is InChI=1S/C13H14ClFN2O3/c14-10-5-8(15)1-3-11(10)20-7-13(19)17-9-2-4-12(18)16-6-9/h1,3,5,9H,2,4,6-7H2,(H,16,18)(H,17,19). The fourth-order valence-corrected chi connectivity index (χ4v) is 2.08. The van der Waals surface area contributed by atoms with E-state index >= 15 is 0 Å². The van der Waals surface area contributed by atoms with E-state index in [2.05, 4.69) is 10.6 Å². The summed E-state index contributed by atoms with van der Waals surface area (Å²) in [5, 5.41) is 5.53. The molecule has 1 saturated heterocycles. The SMILES string of the molecule is O=C1CCC(NC(=O)COc2ccc(F)cc2Cl)CN1. The van der Waals surface area contributed by atoms with Crippen molar-refractivity contribution in [2.75, 3.05) is 13.2 Å². The number of halogens is 2. The van der Waals surface area contributed by atoms with Crippen LogP contribution in [0.15, 0.2) is 18.2 Å². The van der Waals surface area contributed by atoms with Crippen LogP contribution in [0, 0.1) is 5.82 Å². The molecule has 2 amide bonds. The molecule has 1 aliphatic rings. The van der Waals surface area contributed by atoms with Crippen molar-refractivity contribution in [1.29, 1.82) is 0 Å². The number of benzene rings is 1. The highest BCUT2D eigenvalue weighted by molar-refractivity contribution is 6.32. The van der Waals surface area contributed by atoms with Crippen molar-refractivity contribution in [3.8, 4) is 5.75 Å². The van der Waals surface area contributed by atoms with Crippen LogP contribution in [0.4, 0.5) is 4.39 Å².